The van der Waals surface area contributed by atoms with E-state index in [4.69, 9.17) is 10.5 Å². The molecule has 0 heterocycles. The molecule has 2 N–H and O–H groups in total. The Morgan fingerprint density at radius 1 is 1.15 bits per heavy atom. The molecule has 0 aliphatic heterocycles. The standard InChI is InChI=1S/C15H14FNO2S/c16-12-5-7-13(8-6-12)19-14-4-2-1-3-11(14)9-20-10-15(17)18/h1-8H,9-10H2,(H2,17,18). The van der Waals surface area contributed by atoms with Gasteiger partial charge in [-0.2, -0.15) is 0 Å². The quantitative estimate of drug-likeness (QED) is 0.888. The normalized spacial score (nSPS) is 10.2. The average Bonchev–Trinajstić information content (AvgIpc) is 2.43. The topological polar surface area (TPSA) is 52.3 Å². The Morgan fingerprint density at radius 2 is 1.85 bits per heavy atom. The molecule has 20 heavy (non-hydrogen) atoms. The highest BCUT2D eigenvalue weighted by Gasteiger charge is 2.05. The molecule has 0 radical (unpaired) electrons. The van der Waals surface area contributed by atoms with Crippen molar-refractivity contribution in [1.82, 2.24) is 0 Å². The van der Waals surface area contributed by atoms with E-state index >= 15 is 0 Å². The van der Waals surface area contributed by atoms with Crippen LogP contribution in [-0.2, 0) is 10.5 Å². The van der Waals surface area contributed by atoms with Crippen LogP contribution in [0.3, 0.4) is 0 Å². The number of hydrogen-bond acceptors (Lipinski definition) is 3. The highest BCUT2D eigenvalue weighted by atomic mass is 32.2. The second-order valence-corrected chi connectivity index (χ2v) is 5.11. The summed E-state index contributed by atoms with van der Waals surface area (Å²) in [5, 5.41) is 0. The largest absolute Gasteiger partial charge is 0.457 e. The molecule has 2 rings (SSSR count). The first-order chi connectivity index (χ1) is 9.65. The highest BCUT2D eigenvalue weighted by Crippen LogP contribution is 2.28. The van der Waals surface area contributed by atoms with Gasteiger partial charge in [0.05, 0.1) is 5.75 Å². The van der Waals surface area contributed by atoms with Gasteiger partial charge in [-0.3, -0.25) is 4.79 Å². The Kier molecular flexibility index (Phi) is 5.01. The average molecular weight is 291 g/mol. The molecule has 3 nitrogen and oxygen atoms in total. The zero-order valence-electron chi connectivity index (χ0n) is 10.7. The molecule has 0 saturated heterocycles. The number of benzene rings is 2. The molecule has 2 aromatic rings. The minimum Gasteiger partial charge on any atom is -0.457 e. The van der Waals surface area contributed by atoms with Crippen LogP contribution in [0.15, 0.2) is 48.5 Å². The summed E-state index contributed by atoms with van der Waals surface area (Å²) in [5.41, 5.74) is 6.07. The molecule has 0 bridgehead atoms. The van der Waals surface area contributed by atoms with Gasteiger partial charge in [0, 0.05) is 11.3 Å². The predicted molar refractivity (Wildman–Crippen MR) is 78.3 cm³/mol. The molecule has 5 heteroatoms. The van der Waals surface area contributed by atoms with Gasteiger partial charge in [-0.05, 0) is 30.3 Å². The van der Waals surface area contributed by atoms with Gasteiger partial charge in [0.25, 0.3) is 0 Å². The Bertz CT molecular complexity index is 587. The van der Waals surface area contributed by atoms with Crippen molar-refractivity contribution in [2.24, 2.45) is 5.73 Å². The molecular formula is C15H14FNO2S. The van der Waals surface area contributed by atoms with Crippen LogP contribution in [0.2, 0.25) is 0 Å². The first-order valence-corrected chi connectivity index (χ1v) is 7.18. The van der Waals surface area contributed by atoms with Gasteiger partial charge in [-0.25, -0.2) is 4.39 Å². The molecule has 0 aromatic heterocycles. The van der Waals surface area contributed by atoms with E-state index in [1.165, 1.54) is 23.9 Å². The number of carbonyl (C=O) groups is 1. The fourth-order valence-corrected chi connectivity index (χ4v) is 2.38. The smallest absolute Gasteiger partial charge is 0.227 e. The Hall–Kier alpha value is -2.01. The summed E-state index contributed by atoms with van der Waals surface area (Å²) >= 11 is 1.43. The van der Waals surface area contributed by atoms with E-state index in [1.807, 2.05) is 24.3 Å². The molecule has 104 valence electrons. The van der Waals surface area contributed by atoms with E-state index in [0.29, 0.717) is 17.3 Å². The van der Waals surface area contributed by atoms with Crippen LogP contribution >= 0.6 is 11.8 Å². The molecular weight excluding hydrogens is 277 g/mol. The maximum Gasteiger partial charge on any atom is 0.227 e. The van der Waals surface area contributed by atoms with Crippen molar-refractivity contribution in [2.45, 2.75) is 5.75 Å². The number of rotatable bonds is 6. The van der Waals surface area contributed by atoms with E-state index in [9.17, 15) is 9.18 Å². The minimum atomic E-state index is -0.341. The molecule has 0 fully saturated rings. The summed E-state index contributed by atoms with van der Waals surface area (Å²) in [6.45, 7) is 0. The van der Waals surface area contributed by atoms with Crippen LogP contribution in [0.5, 0.6) is 11.5 Å². The number of hydrogen-bond donors (Lipinski definition) is 1. The van der Waals surface area contributed by atoms with Crippen molar-refractivity contribution in [3.8, 4) is 11.5 Å². The maximum absolute atomic E-state index is 12.8. The van der Waals surface area contributed by atoms with E-state index < -0.39 is 0 Å². The fourth-order valence-electron chi connectivity index (χ4n) is 1.61. The summed E-state index contributed by atoms with van der Waals surface area (Å²) in [4.78, 5) is 10.7. The van der Waals surface area contributed by atoms with Crippen LogP contribution in [0.4, 0.5) is 4.39 Å². The number of ether oxygens (including phenoxy) is 1. The zero-order chi connectivity index (χ0) is 14.4. The summed E-state index contributed by atoms with van der Waals surface area (Å²) in [6.07, 6.45) is 0. The number of primary amides is 1. The van der Waals surface area contributed by atoms with Gasteiger partial charge in [-0.15, -0.1) is 11.8 Å². The van der Waals surface area contributed by atoms with E-state index in [1.54, 1.807) is 12.1 Å². The monoisotopic (exact) mass is 291 g/mol. The minimum absolute atomic E-state index is 0.269. The molecule has 0 spiro atoms. The van der Waals surface area contributed by atoms with Gasteiger partial charge in [0.2, 0.25) is 5.91 Å². The van der Waals surface area contributed by atoms with Crippen molar-refractivity contribution in [1.29, 1.82) is 0 Å². The van der Waals surface area contributed by atoms with Gasteiger partial charge >= 0.3 is 0 Å². The van der Waals surface area contributed by atoms with Crippen LogP contribution < -0.4 is 10.5 Å². The fraction of sp³-hybridized carbons (Fsp3) is 0.133. The number of nitrogens with two attached hydrogens (primary N) is 1. The lowest BCUT2D eigenvalue weighted by atomic mass is 10.2. The lowest BCUT2D eigenvalue weighted by Crippen LogP contribution is -2.13. The van der Waals surface area contributed by atoms with Crippen molar-refractivity contribution in [3.63, 3.8) is 0 Å². The first kappa shape index (κ1) is 14.4. The number of thioether (sulfide) groups is 1. The predicted octanol–water partition coefficient (Wildman–Crippen LogP) is 3.34. The van der Waals surface area contributed by atoms with Crippen molar-refractivity contribution in [2.75, 3.05) is 5.75 Å². The number of carbonyl (C=O) groups excluding carboxylic acids is 1. The summed E-state index contributed by atoms with van der Waals surface area (Å²) in [6, 6.07) is 13.4. The number of halogens is 1. The molecule has 0 aliphatic carbocycles. The van der Waals surface area contributed by atoms with E-state index in [0.717, 1.165) is 5.56 Å². The lowest BCUT2D eigenvalue weighted by molar-refractivity contribution is -0.115. The number of para-hydroxylation sites is 1. The third kappa shape index (κ3) is 4.28. The number of amides is 1. The summed E-state index contributed by atoms with van der Waals surface area (Å²) < 4.78 is 18.6. The van der Waals surface area contributed by atoms with Crippen LogP contribution in [0.1, 0.15) is 5.56 Å². The molecule has 0 atom stereocenters. The van der Waals surface area contributed by atoms with Crippen LogP contribution in [0.25, 0.3) is 0 Å². The third-order valence-electron chi connectivity index (χ3n) is 2.52. The SMILES string of the molecule is NC(=O)CSCc1ccccc1Oc1ccc(F)cc1. The summed E-state index contributed by atoms with van der Waals surface area (Å²) in [5.74, 6) is 1.51. The molecule has 1 amide bonds. The zero-order valence-corrected chi connectivity index (χ0v) is 11.5. The van der Waals surface area contributed by atoms with Crippen LogP contribution in [0, 0.1) is 5.82 Å². The van der Waals surface area contributed by atoms with E-state index in [-0.39, 0.29) is 17.5 Å². The van der Waals surface area contributed by atoms with Crippen LogP contribution in [-0.4, -0.2) is 11.7 Å². The first-order valence-electron chi connectivity index (χ1n) is 6.02. The maximum atomic E-state index is 12.8. The van der Waals surface area contributed by atoms with E-state index in [2.05, 4.69) is 0 Å². The Balaban J connectivity index is 2.07. The van der Waals surface area contributed by atoms with Gasteiger partial charge in [0.1, 0.15) is 17.3 Å². The summed E-state index contributed by atoms with van der Waals surface area (Å²) in [7, 11) is 0. The Morgan fingerprint density at radius 3 is 2.55 bits per heavy atom. The molecule has 0 unspecified atom stereocenters. The Labute approximate surface area is 120 Å². The van der Waals surface area contributed by atoms with Gasteiger partial charge < -0.3 is 10.5 Å². The van der Waals surface area contributed by atoms with Crippen molar-refractivity contribution >= 4 is 17.7 Å². The lowest BCUT2D eigenvalue weighted by Gasteiger charge is -2.10. The molecule has 2 aromatic carbocycles. The van der Waals surface area contributed by atoms with Gasteiger partial charge in [0.15, 0.2) is 0 Å². The van der Waals surface area contributed by atoms with Crippen molar-refractivity contribution in [3.05, 3.63) is 59.9 Å². The van der Waals surface area contributed by atoms with Gasteiger partial charge in [-0.1, -0.05) is 18.2 Å². The third-order valence-corrected chi connectivity index (χ3v) is 3.52. The highest BCUT2D eigenvalue weighted by molar-refractivity contribution is 7.99. The molecule has 0 aliphatic rings. The second-order valence-electron chi connectivity index (χ2n) is 4.12. The second kappa shape index (κ2) is 6.96. The molecule has 0 saturated carbocycles. The van der Waals surface area contributed by atoms with Crippen molar-refractivity contribution < 1.29 is 13.9 Å².